The van der Waals surface area contributed by atoms with Gasteiger partial charge in [0.2, 0.25) is 0 Å². The van der Waals surface area contributed by atoms with Crippen LogP contribution in [0.4, 0.5) is 16.0 Å². The molecule has 158 valence electrons. The average Bonchev–Trinajstić information content (AvgIpc) is 3.02. The largest absolute Gasteiger partial charge is 0.383 e. The highest BCUT2D eigenvalue weighted by Gasteiger charge is 2.30. The van der Waals surface area contributed by atoms with Crippen LogP contribution in [-0.2, 0) is 0 Å². The molecule has 1 aliphatic heterocycles. The topological polar surface area (TPSA) is 82.1 Å². The highest BCUT2D eigenvalue weighted by molar-refractivity contribution is 5.83. The third kappa shape index (κ3) is 4.39. The van der Waals surface area contributed by atoms with Gasteiger partial charge in [-0.3, -0.25) is 4.90 Å². The van der Waals surface area contributed by atoms with Gasteiger partial charge in [-0.25, -0.2) is 14.4 Å². The molecule has 1 aromatic carbocycles. The summed E-state index contributed by atoms with van der Waals surface area (Å²) >= 11 is 0. The minimum absolute atomic E-state index is 0.00251. The van der Waals surface area contributed by atoms with Crippen molar-refractivity contribution in [1.29, 1.82) is 5.26 Å². The van der Waals surface area contributed by atoms with Crippen molar-refractivity contribution >= 4 is 11.6 Å². The zero-order chi connectivity index (χ0) is 20.9. The molecule has 1 unspecified atom stereocenters. The summed E-state index contributed by atoms with van der Waals surface area (Å²) in [6.45, 7) is 3.35. The fourth-order valence-electron chi connectivity index (χ4n) is 4.89. The summed E-state index contributed by atoms with van der Waals surface area (Å²) in [5.74, 6) is 1.37. The average molecular weight is 409 g/mol. The molecule has 2 aromatic rings. The molecule has 2 N–H and O–H groups in total. The van der Waals surface area contributed by atoms with E-state index in [0.717, 1.165) is 62.4 Å². The predicted octanol–water partition coefficient (Wildman–Crippen LogP) is 3.85. The van der Waals surface area contributed by atoms with E-state index < -0.39 is 0 Å². The van der Waals surface area contributed by atoms with Gasteiger partial charge in [-0.2, -0.15) is 5.26 Å². The molecular formula is C23H29FN6. The molecule has 0 radical (unpaired) electrons. The van der Waals surface area contributed by atoms with Gasteiger partial charge in [0.15, 0.2) is 0 Å². The Morgan fingerprint density at radius 2 is 1.77 bits per heavy atom. The second-order valence-electron chi connectivity index (χ2n) is 8.31. The molecule has 1 saturated carbocycles. The summed E-state index contributed by atoms with van der Waals surface area (Å²) in [7, 11) is 0. The number of anilines is 2. The lowest BCUT2D eigenvalue weighted by Gasteiger charge is -2.34. The van der Waals surface area contributed by atoms with E-state index >= 15 is 0 Å². The molecule has 1 aliphatic carbocycles. The van der Waals surface area contributed by atoms with Gasteiger partial charge in [0, 0.05) is 26.2 Å². The van der Waals surface area contributed by atoms with Crippen LogP contribution in [0.15, 0.2) is 30.6 Å². The normalized spacial score (nSPS) is 19.8. The van der Waals surface area contributed by atoms with Crippen LogP contribution in [0.25, 0.3) is 11.1 Å². The molecule has 0 bridgehead atoms. The molecule has 1 saturated heterocycles. The molecule has 1 aromatic heterocycles. The molecule has 4 rings (SSSR count). The zero-order valence-electron chi connectivity index (χ0n) is 17.3. The smallest absolute Gasteiger partial charge is 0.142 e. The van der Waals surface area contributed by atoms with Crippen molar-refractivity contribution < 1.29 is 4.39 Å². The van der Waals surface area contributed by atoms with Crippen LogP contribution in [0.2, 0.25) is 0 Å². The quantitative estimate of drug-likeness (QED) is 0.827. The number of nitrogen functional groups attached to an aromatic ring is 1. The van der Waals surface area contributed by atoms with E-state index in [0.29, 0.717) is 11.7 Å². The molecule has 30 heavy (non-hydrogen) atoms. The van der Waals surface area contributed by atoms with E-state index in [2.05, 4.69) is 25.8 Å². The fourth-order valence-corrected chi connectivity index (χ4v) is 4.89. The molecule has 6 nitrogen and oxygen atoms in total. The molecule has 2 aliphatic rings. The summed E-state index contributed by atoms with van der Waals surface area (Å²) in [4.78, 5) is 13.3. The van der Waals surface area contributed by atoms with Gasteiger partial charge >= 0.3 is 0 Å². The van der Waals surface area contributed by atoms with Crippen LogP contribution >= 0.6 is 0 Å². The third-order valence-electron chi connectivity index (χ3n) is 6.44. The van der Waals surface area contributed by atoms with Crippen LogP contribution in [0.1, 0.15) is 38.5 Å². The number of nitriles is 1. The maximum absolute atomic E-state index is 13.4. The van der Waals surface area contributed by atoms with Crippen LogP contribution in [0, 0.1) is 23.1 Å². The minimum atomic E-state index is -0.286. The Morgan fingerprint density at radius 1 is 1.00 bits per heavy atom. The second-order valence-corrected chi connectivity index (χ2v) is 8.31. The fraction of sp³-hybridized carbons (Fsp3) is 0.522. The van der Waals surface area contributed by atoms with Crippen LogP contribution in [0.3, 0.4) is 0 Å². The SMILES string of the molecule is N#CC(C1CCCCC1)N1CCCN(c2ncnc(N)c2-c2ccc(F)cc2)CC1. The third-order valence-corrected chi connectivity index (χ3v) is 6.44. The van der Waals surface area contributed by atoms with Crippen molar-refractivity contribution in [3.8, 4) is 17.2 Å². The number of rotatable bonds is 4. The number of nitrogens with zero attached hydrogens (tertiary/aromatic N) is 5. The van der Waals surface area contributed by atoms with Crippen molar-refractivity contribution in [3.63, 3.8) is 0 Å². The minimum Gasteiger partial charge on any atom is -0.383 e. The Labute approximate surface area is 177 Å². The Kier molecular flexibility index (Phi) is 6.44. The molecule has 7 heteroatoms. The van der Waals surface area contributed by atoms with E-state index in [1.54, 1.807) is 12.1 Å². The van der Waals surface area contributed by atoms with Gasteiger partial charge in [0.1, 0.15) is 29.8 Å². The highest BCUT2D eigenvalue weighted by atomic mass is 19.1. The van der Waals surface area contributed by atoms with Crippen LogP contribution in [-0.4, -0.2) is 47.1 Å². The van der Waals surface area contributed by atoms with Crippen molar-refractivity contribution in [2.24, 2.45) is 5.92 Å². The lowest BCUT2D eigenvalue weighted by Crippen LogP contribution is -2.42. The number of halogens is 1. The summed E-state index contributed by atoms with van der Waals surface area (Å²) < 4.78 is 13.4. The number of nitrogens with two attached hydrogens (primary N) is 1. The van der Waals surface area contributed by atoms with E-state index in [1.165, 1.54) is 37.7 Å². The first-order valence-corrected chi connectivity index (χ1v) is 10.9. The zero-order valence-corrected chi connectivity index (χ0v) is 17.3. The summed E-state index contributed by atoms with van der Waals surface area (Å²) in [5, 5.41) is 9.88. The molecule has 0 spiro atoms. The lowest BCUT2D eigenvalue weighted by atomic mass is 9.83. The number of benzene rings is 1. The molecule has 0 amide bonds. The molecular weight excluding hydrogens is 379 g/mol. The predicted molar refractivity (Wildman–Crippen MR) is 116 cm³/mol. The van der Waals surface area contributed by atoms with Gasteiger partial charge in [-0.1, -0.05) is 31.4 Å². The summed E-state index contributed by atoms with van der Waals surface area (Å²) in [6, 6.07) is 8.89. The monoisotopic (exact) mass is 408 g/mol. The lowest BCUT2D eigenvalue weighted by molar-refractivity contribution is 0.163. The van der Waals surface area contributed by atoms with Crippen LogP contribution in [0.5, 0.6) is 0 Å². The van der Waals surface area contributed by atoms with Gasteiger partial charge in [-0.05, 0) is 42.9 Å². The van der Waals surface area contributed by atoms with Gasteiger partial charge in [0.25, 0.3) is 0 Å². The van der Waals surface area contributed by atoms with E-state index in [-0.39, 0.29) is 11.9 Å². The van der Waals surface area contributed by atoms with Crippen molar-refractivity contribution in [2.75, 3.05) is 36.8 Å². The standard InChI is InChI=1S/C23H29FN6/c24-19-9-7-18(8-10-19)21-22(26)27-16-28-23(21)30-12-4-11-29(13-14-30)20(15-25)17-5-2-1-3-6-17/h7-10,16-17,20H,1-6,11-14H2,(H2,26,27,28). The maximum Gasteiger partial charge on any atom is 0.142 e. The first-order chi connectivity index (χ1) is 14.7. The number of aromatic nitrogens is 2. The highest BCUT2D eigenvalue weighted by Crippen LogP contribution is 2.34. The molecule has 2 fully saturated rings. The summed E-state index contributed by atoms with van der Waals surface area (Å²) in [5.41, 5.74) is 7.76. The first-order valence-electron chi connectivity index (χ1n) is 10.9. The second kappa shape index (κ2) is 9.40. The maximum atomic E-state index is 13.4. The van der Waals surface area contributed by atoms with E-state index in [4.69, 9.17) is 5.73 Å². The Balaban J connectivity index is 1.54. The van der Waals surface area contributed by atoms with E-state index in [1.807, 2.05) is 0 Å². The Hall–Kier alpha value is -2.72. The number of hydrogen-bond donors (Lipinski definition) is 1. The van der Waals surface area contributed by atoms with Gasteiger partial charge < -0.3 is 10.6 Å². The van der Waals surface area contributed by atoms with Crippen LogP contribution < -0.4 is 10.6 Å². The first kappa shape index (κ1) is 20.5. The van der Waals surface area contributed by atoms with Gasteiger partial charge in [0.05, 0.1) is 11.6 Å². The van der Waals surface area contributed by atoms with Gasteiger partial charge in [-0.15, -0.1) is 0 Å². The Bertz CT molecular complexity index is 888. The number of hydrogen-bond acceptors (Lipinski definition) is 6. The summed E-state index contributed by atoms with van der Waals surface area (Å²) in [6.07, 6.45) is 8.54. The van der Waals surface area contributed by atoms with Crippen molar-refractivity contribution in [2.45, 2.75) is 44.6 Å². The van der Waals surface area contributed by atoms with Crippen molar-refractivity contribution in [3.05, 3.63) is 36.4 Å². The molecule has 2 heterocycles. The Morgan fingerprint density at radius 3 is 2.50 bits per heavy atom. The molecule has 1 atom stereocenters. The van der Waals surface area contributed by atoms with Crippen molar-refractivity contribution in [1.82, 2.24) is 14.9 Å². The van der Waals surface area contributed by atoms with E-state index in [9.17, 15) is 9.65 Å².